The Morgan fingerprint density at radius 1 is 1.24 bits per heavy atom. The summed E-state index contributed by atoms with van der Waals surface area (Å²) in [5.74, 6) is 0.580. The lowest BCUT2D eigenvalue weighted by Gasteiger charge is -2.23. The Bertz CT molecular complexity index is 595. The van der Waals surface area contributed by atoms with E-state index in [4.69, 9.17) is 16.1 Å². The Balaban J connectivity index is 1.77. The fourth-order valence-electron chi connectivity index (χ4n) is 2.82. The molecule has 4 nitrogen and oxygen atoms in total. The lowest BCUT2D eigenvalue weighted by atomic mass is 9.94. The molecule has 0 aliphatic carbocycles. The van der Waals surface area contributed by atoms with Gasteiger partial charge in [0.1, 0.15) is 0 Å². The highest BCUT2D eigenvalue weighted by atomic mass is 35.5. The molecule has 0 saturated carbocycles. The third-order valence-electron chi connectivity index (χ3n) is 3.95. The topological polar surface area (TPSA) is 46.3 Å². The molecule has 1 saturated heterocycles. The summed E-state index contributed by atoms with van der Waals surface area (Å²) < 4.78 is 4.99. The number of aromatic nitrogens is 1. The van der Waals surface area contributed by atoms with Crippen LogP contribution in [0.15, 0.2) is 41.1 Å². The van der Waals surface area contributed by atoms with Crippen LogP contribution in [0.5, 0.6) is 0 Å². The lowest BCUT2D eigenvalue weighted by Crippen LogP contribution is -2.33. The summed E-state index contributed by atoms with van der Waals surface area (Å²) in [6.07, 6.45) is 4.72. The molecule has 1 aliphatic heterocycles. The van der Waals surface area contributed by atoms with Crippen LogP contribution in [-0.4, -0.2) is 29.1 Å². The minimum atomic E-state index is -0.0756. The SMILES string of the molecule is O=C(c1ccno1)N1CCCC[C@H](c2ccc(Cl)cc2)C1. The number of halogens is 1. The number of hydrogen-bond acceptors (Lipinski definition) is 3. The average Bonchev–Trinajstić information content (AvgIpc) is 2.92. The highest BCUT2D eigenvalue weighted by Crippen LogP contribution is 2.28. The summed E-state index contributed by atoms with van der Waals surface area (Å²) in [5.41, 5.74) is 1.23. The Kier molecular flexibility index (Phi) is 4.25. The molecule has 2 aromatic rings. The molecule has 2 heterocycles. The van der Waals surface area contributed by atoms with Crippen molar-refractivity contribution in [2.75, 3.05) is 13.1 Å². The number of benzene rings is 1. The summed E-state index contributed by atoms with van der Waals surface area (Å²) in [6, 6.07) is 9.53. The third kappa shape index (κ3) is 3.27. The van der Waals surface area contributed by atoms with Crippen molar-refractivity contribution >= 4 is 17.5 Å². The predicted octanol–water partition coefficient (Wildman–Crippen LogP) is 3.74. The maximum Gasteiger partial charge on any atom is 0.292 e. The van der Waals surface area contributed by atoms with E-state index >= 15 is 0 Å². The zero-order valence-corrected chi connectivity index (χ0v) is 12.4. The number of nitrogens with zero attached hydrogens (tertiary/aromatic N) is 2. The van der Waals surface area contributed by atoms with Crippen molar-refractivity contribution in [3.8, 4) is 0 Å². The number of hydrogen-bond donors (Lipinski definition) is 0. The summed E-state index contributed by atoms with van der Waals surface area (Å²) >= 11 is 5.95. The molecular formula is C16H17ClN2O2. The normalized spacial score (nSPS) is 19.3. The van der Waals surface area contributed by atoms with E-state index in [2.05, 4.69) is 17.3 Å². The fraction of sp³-hybridized carbons (Fsp3) is 0.375. The molecule has 0 radical (unpaired) electrons. The van der Waals surface area contributed by atoms with Gasteiger partial charge in [0.2, 0.25) is 5.76 Å². The average molecular weight is 305 g/mol. The van der Waals surface area contributed by atoms with Gasteiger partial charge >= 0.3 is 0 Å². The van der Waals surface area contributed by atoms with Crippen molar-refractivity contribution in [2.45, 2.75) is 25.2 Å². The molecule has 3 rings (SSSR count). The number of amides is 1. The second-order valence-corrected chi connectivity index (χ2v) is 5.81. The molecule has 110 valence electrons. The minimum absolute atomic E-state index is 0.0756. The molecule has 5 heteroatoms. The van der Waals surface area contributed by atoms with Crippen molar-refractivity contribution in [1.29, 1.82) is 0 Å². The zero-order chi connectivity index (χ0) is 14.7. The molecule has 0 spiro atoms. The van der Waals surface area contributed by atoms with Gasteiger partial charge in [-0.1, -0.05) is 35.3 Å². The molecule has 0 N–H and O–H groups in total. The van der Waals surface area contributed by atoms with E-state index in [1.165, 1.54) is 11.8 Å². The molecular weight excluding hydrogens is 288 g/mol. The van der Waals surface area contributed by atoms with Crippen molar-refractivity contribution < 1.29 is 9.32 Å². The van der Waals surface area contributed by atoms with Crippen molar-refractivity contribution in [1.82, 2.24) is 10.1 Å². The highest BCUT2D eigenvalue weighted by molar-refractivity contribution is 6.30. The standard InChI is InChI=1S/C16H17ClN2O2/c17-14-6-4-12(5-7-14)13-3-1-2-10-19(11-13)16(20)15-8-9-18-21-15/h4-9,13H,1-3,10-11H2/t13-/m0/s1. The van der Waals surface area contributed by atoms with Crippen LogP contribution in [0.3, 0.4) is 0 Å². The minimum Gasteiger partial charge on any atom is -0.351 e. The van der Waals surface area contributed by atoms with E-state index in [0.717, 1.165) is 30.8 Å². The van der Waals surface area contributed by atoms with E-state index in [9.17, 15) is 4.79 Å². The Hall–Kier alpha value is -1.81. The smallest absolute Gasteiger partial charge is 0.292 e. The molecule has 1 amide bonds. The van der Waals surface area contributed by atoms with E-state index in [0.29, 0.717) is 18.2 Å². The second-order valence-electron chi connectivity index (χ2n) is 5.37. The van der Waals surface area contributed by atoms with Gasteiger partial charge in [-0.3, -0.25) is 4.79 Å². The fourth-order valence-corrected chi connectivity index (χ4v) is 2.94. The Labute approximate surface area is 128 Å². The van der Waals surface area contributed by atoms with Crippen molar-refractivity contribution in [3.05, 3.63) is 52.9 Å². The summed E-state index contributed by atoms with van der Waals surface area (Å²) in [5, 5.41) is 4.35. The van der Waals surface area contributed by atoms with Gasteiger partial charge in [0, 0.05) is 30.1 Å². The summed E-state index contributed by atoms with van der Waals surface area (Å²) in [4.78, 5) is 14.3. The van der Waals surface area contributed by atoms with Crippen LogP contribution in [0.4, 0.5) is 0 Å². The van der Waals surface area contributed by atoms with E-state index in [1.807, 2.05) is 17.0 Å². The highest BCUT2D eigenvalue weighted by Gasteiger charge is 2.25. The van der Waals surface area contributed by atoms with Gasteiger partial charge in [0.25, 0.3) is 5.91 Å². The first kappa shape index (κ1) is 14.1. The van der Waals surface area contributed by atoms with Crippen LogP contribution in [0.25, 0.3) is 0 Å². The van der Waals surface area contributed by atoms with Crippen LogP contribution in [-0.2, 0) is 0 Å². The van der Waals surface area contributed by atoms with Gasteiger partial charge < -0.3 is 9.42 Å². The maximum absolute atomic E-state index is 12.4. The molecule has 21 heavy (non-hydrogen) atoms. The van der Waals surface area contributed by atoms with E-state index < -0.39 is 0 Å². The van der Waals surface area contributed by atoms with E-state index in [-0.39, 0.29) is 5.91 Å². The molecule has 1 aromatic heterocycles. The third-order valence-corrected chi connectivity index (χ3v) is 4.20. The first-order valence-corrected chi connectivity index (χ1v) is 7.57. The second kappa shape index (κ2) is 6.31. The predicted molar refractivity (Wildman–Crippen MR) is 80.5 cm³/mol. The van der Waals surface area contributed by atoms with Crippen molar-refractivity contribution in [2.24, 2.45) is 0 Å². The number of carbonyl (C=O) groups excluding carboxylic acids is 1. The van der Waals surface area contributed by atoms with Crippen LogP contribution in [0.1, 0.15) is 41.3 Å². The zero-order valence-electron chi connectivity index (χ0n) is 11.7. The molecule has 1 atom stereocenters. The van der Waals surface area contributed by atoms with Crippen molar-refractivity contribution in [3.63, 3.8) is 0 Å². The van der Waals surface area contributed by atoms with Gasteiger partial charge in [-0.15, -0.1) is 0 Å². The molecule has 0 bridgehead atoms. The first-order valence-electron chi connectivity index (χ1n) is 7.19. The molecule has 0 unspecified atom stereocenters. The Morgan fingerprint density at radius 2 is 2.05 bits per heavy atom. The first-order chi connectivity index (χ1) is 10.2. The lowest BCUT2D eigenvalue weighted by molar-refractivity contribution is 0.0712. The van der Waals surface area contributed by atoms with Crippen LogP contribution < -0.4 is 0 Å². The number of likely N-dealkylation sites (tertiary alicyclic amines) is 1. The monoisotopic (exact) mass is 304 g/mol. The molecule has 1 fully saturated rings. The number of carbonyl (C=O) groups is 1. The maximum atomic E-state index is 12.4. The van der Waals surface area contributed by atoms with E-state index in [1.54, 1.807) is 6.07 Å². The van der Waals surface area contributed by atoms with Gasteiger partial charge in [-0.05, 0) is 30.5 Å². The van der Waals surface area contributed by atoms with Gasteiger partial charge in [0.05, 0.1) is 6.20 Å². The quantitative estimate of drug-likeness (QED) is 0.849. The van der Waals surface area contributed by atoms with Crippen LogP contribution >= 0.6 is 11.6 Å². The van der Waals surface area contributed by atoms with Crippen LogP contribution in [0, 0.1) is 0 Å². The Morgan fingerprint density at radius 3 is 2.76 bits per heavy atom. The van der Waals surface area contributed by atoms with Gasteiger partial charge in [-0.25, -0.2) is 0 Å². The molecule has 1 aromatic carbocycles. The molecule has 1 aliphatic rings. The summed E-state index contributed by atoms with van der Waals surface area (Å²) in [7, 11) is 0. The largest absolute Gasteiger partial charge is 0.351 e. The van der Waals surface area contributed by atoms with Gasteiger partial charge in [0.15, 0.2) is 0 Å². The summed E-state index contributed by atoms with van der Waals surface area (Å²) in [6.45, 7) is 1.48. The van der Waals surface area contributed by atoms with Crippen LogP contribution in [0.2, 0.25) is 5.02 Å². The van der Waals surface area contributed by atoms with Gasteiger partial charge in [-0.2, -0.15) is 0 Å². The number of rotatable bonds is 2.